The van der Waals surface area contributed by atoms with Crippen molar-refractivity contribution in [1.29, 1.82) is 0 Å². The Morgan fingerprint density at radius 2 is 2.36 bits per heavy atom. The Balaban J connectivity index is 0. The van der Waals surface area contributed by atoms with Gasteiger partial charge in [0.1, 0.15) is 0 Å². The molecule has 0 radical (unpaired) electrons. The number of hydrogen-bond acceptors (Lipinski definition) is 4. The molecular weight excluding hydrogens is 162 g/mol. The average molecular weight is 173 g/mol. The number of aliphatic imine (C=N–C) groups is 1. The quantitative estimate of drug-likeness (QED) is 0.180. The van der Waals surface area contributed by atoms with Crippen molar-refractivity contribution in [3.63, 3.8) is 0 Å². The van der Waals surface area contributed by atoms with E-state index in [-0.39, 0.29) is 11.0 Å². The van der Waals surface area contributed by atoms with Crippen LogP contribution in [-0.4, -0.2) is 29.2 Å². The first-order valence-electron chi connectivity index (χ1n) is 2.60. The largest absolute Gasteiger partial charge is 0.436 e. The summed E-state index contributed by atoms with van der Waals surface area (Å²) in [4.78, 5) is 23.1. The lowest BCUT2D eigenvalue weighted by atomic mass is 10.6. The van der Waals surface area contributed by atoms with Gasteiger partial charge in [-0.25, -0.2) is 9.59 Å². The number of rotatable bonds is 3. The minimum absolute atomic E-state index is 0. The first kappa shape index (κ1) is 12.5. The Bertz CT molecular complexity index is 186. The normalized spacial score (nSPS) is 9.91. The van der Waals surface area contributed by atoms with Crippen LogP contribution in [0.25, 0.3) is 0 Å². The number of carbonyl (C=O) groups is 1. The number of hydrogen-bond donors (Lipinski definition) is 0. The molecule has 0 aliphatic rings. The summed E-state index contributed by atoms with van der Waals surface area (Å²) in [7, 11) is 0. The van der Waals surface area contributed by atoms with Gasteiger partial charge >= 0.3 is 5.97 Å². The van der Waals surface area contributed by atoms with Crippen LogP contribution in [0.4, 0.5) is 0 Å². The molecule has 0 fully saturated rings. The maximum Gasteiger partial charge on any atom is 0.332 e. The Kier molecular flexibility index (Phi) is 7.85. The highest BCUT2D eigenvalue weighted by Gasteiger charge is 2.01. The SMILES string of the molecule is C=CC(=O)OC(C)N=C=O.[SiH4]. The summed E-state index contributed by atoms with van der Waals surface area (Å²) < 4.78 is 4.45. The summed E-state index contributed by atoms with van der Waals surface area (Å²) in [5.41, 5.74) is 0. The van der Waals surface area contributed by atoms with Crippen molar-refractivity contribution in [2.45, 2.75) is 13.2 Å². The Labute approximate surface area is 69.0 Å². The molecule has 11 heavy (non-hydrogen) atoms. The molecule has 0 heterocycles. The first-order valence-corrected chi connectivity index (χ1v) is 2.60. The molecule has 0 saturated carbocycles. The third-order valence-electron chi connectivity index (χ3n) is 0.688. The Hall–Kier alpha value is -1.19. The smallest absolute Gasteiger partial charge is 0.332 e. The minimum atomic E-state index is -0.775. The van der Waals surface area contributed by atoms with Gasteiger partial charge < -0.3 is 4.74 Å². The van der Waals surface area contributed by atoms with Crippen molar-refractivity contribution in [2.24, 2.45) is 4.99 Å². The summed E-state index contributed by atoms with van der Waals surface area (Å²) >= 11 is 0. The van der Waals surface area contributed by atoms with E-state index in [1.807, 2.05) is 0 Å². The molecule has 0 aromatic rings. The van der Waals surface area contributed by atoms with Crippen LogP contribution in [0.5, 0.6) is 0 Å². The van der Waals surface area contributed by atoms with Gasteiger partial charge in [0, 0.05) is 6.08 Å². The van der Waals surface area contributed by atoms with Crippen molar-refractivity contribution < 1.29 is 14.3 Å². The van der Waals surface area contributed by atoms with Crippen molar-refractivity contribution in [3.05, 3.63) is 12.7 Å². The van der Waals surface area contributed by atoms with Gasteiger partial charge in [-0.2, -0.15) is 4.99 Å². The second-order valence-corrected chi connectivity index (χ2v) is 1.46. The van der Waals surface area contributed by atoms with Gasteiger partial charge in [-0.05, 0) is 17.9 Å². The van der Waals surface area contributed by atoms with Crippen LogP contribution in [0.1, 0.15) is 6.92 Å². The number of esters is 1. The summed E-state index contributed by atoms with van der Waals surface area (Å²) in [6.45, 7) is 4.61. The second-order valence-electron chi connectivity index (χ2n) is 1.46. The monoisotopic (exact) mass is 173 g/mol. The van der Waals surface area contributed by atoms with Crippen molar-refractivity contribution in [3.8, 4) is 0 Å². The lowest BCUT2D eigenvalue weighted by Gasteiger charge is -2.01. The zero-order valence-electron chi connectivity index (χ0n) is 5.53. The fraction of sp³-hybridized carbons (Fsp3) is 0.333. The minimum Gasteiger partial charge on any atom is -0.436 e. The number of nitrogens with zero attached hydrogens (tertiary/aromatic N) is 1. The standard InChI is InChI=1S/C6H7NO3.H4Si/c1-3-6(9)10-5(2)7-4-8;/h3,5H,1H2,2H3;1H4. The fourth-order valence-corrected chi connectivity index (χ4v) is 0.317. The molecule has 0 rings (SSSR count). The van der Waals surface area contributed by atoms with E-state index < -0.39 is 12.2 Å². The van der Waals surface area contributed by atoms with Gasteiger partial charge in [0.05, 0.1) is 0 Å². The summed E-state index contributed by atoms with van der Waals surface area (Å²) in [6.07, 6.45) is 1.48. The van der Waals surface area contributed by atoms with Crippen LogP contribution < -0.4 is 0 Å². The van der Waals surface area contributed by atoms with Crippen molar-refractivity contribution >= 4 is 23.0 Å². The zero-order valence-corrected chi connectivity index (χ0v) is 5.53. The predicted octanol–water partition coefficient (Wildman–Crippen LogP) is -1.05. The predicted molar refractivity (Wildman–Crippen MR) is 45.2 cm³/mol. The molecule has 0 aliphatic carbocycles. The Morgan fingerprint density at radius 1 is 1.82 bits per heavy atom. The highest BCUT2D eigenvalue weighted by Crippen LogP contribution is 1.91. The van der Waals surface area contributed by atoms with Crippen LogP contribution in [0.15, 0.2) is 17.6 Å². The number of carbonyl (C=O) groups excluding carboxylic acids is 2. The summed E-state index contributed by atoms with van der Waals surface area (Å²) in [6, 6.07) is 0. The molecule has 0 N–H and O–H groups in total. The molecule has 0 amide bonds. The van der Waals surface area contributed by atoms with Crippen LogP contribution in [0.3, 0.4) is 0 Å². The third-order valence-corrected chi connectivity index (χ3v) is 0.688. The van der Waals surface area contributed by atoms with E-state index in [2.05, 4.69) is 16.3 Å². The van der Waals surface area contributed by atoms with Crippen LogP contribution in [0.2, 0.25) is 0 Å². The van der Waals surface area contributed by atoms with E-state index in [0.29, 0.717) is 0 Å². The highest BCUT2D eigenvalue weighted by atomic mass is 28.1. The maximum atomic E-state index is 10.4. The van der Waals surface area contributed by atoms with E-state index in [1.54, 1.807) is 0 Å². The summed E-state index contributed by atoms with van der Waals surface area (Å²) in [5.74, 6) is -0.605. The third kappa shape index (κ3) is 6.70. The highest BCUT2D eigenvalue weighted by molar-refractivity contribution is 5.81. The van der Waals surface area contributed by atoms with Gasteiger partial charge in [-0.15, -0.1) is 0 Å². The van der Waals surface area contributed by atoms with Crippen LogP contribution in [0, 0.1) is 0 Å². The molecule has 5 heteroatoms. The zero-order chi connectivity index (χ0) is 7.98. The molecule has 0 spiro atoms. The fourth-order valence-electron chi connectivity index (χ4n) is 0.317. The van der Waals surface area contributed by atoms with E-state index >= 15 is 0 Å². The lowest BCUT2D eigenvalue weighted by Crippen LogP contribution is -2.09. The lowest BCUT2D eigenvalue weighted by molar-refractivity contribution is -0.141. The van der Waals surface area contributed by atoms with E-state index in [0.717, 1.165) is 6.08 Å². The van der Waals surface area contributed by atoms with Gasteiger partial charge in [0.2, 0.25) is 12.3 Å². The van der Waals surface area contributed by atoms with E-state index in [4.69, 9.17) is 0 Å². The van der Waals surface area contributed by atoms with E-state index in [1.165, 1.54) is 13.0 Å². The number of isocyanates is 1. The maximum absolute atomic E-state index is 10.4. The van der Waals surface area contributed by atoms with Gasteiger partial charge in [-0.1, -0.05) is 6.58 Å². The van der Waals surface area contributed by atoms with Gasteiger partial charge in [-0.3, -0.25) is 0 Å². The molecule has 4 nitrogen and oxygen atoms in total. The molecule has 0 saturated heterocycles. The molecule has 0 aliphatic heterocycles. The number of ether oxygens (including phenoxy) is 1. The molecular formula is C6H11NO3Si. The Morgan fingerprint density at radius 3 is 2.73 bits per heavy atom. The topological polar surface area (TPSA) is 55.7 Å². The van der Waals surface area contributed by atoms with Crippen LogP contribution >= 0.6 is 0 Å². The van der Waals surface area contributed by atoms with Gasteiger partial charge in [0.25, 0.3) is 0 Å². The molecule has 0 aromatic heterocycles. The van der Waals surface area contributed by atoms with E-state index in [9.17, 15) is 9.59 Å². The van der Waals surface area contributed by atoms with Crippen molar-refractivity contribution in [1.82, 2.24) is 0 Å². The van der Waals surface area contributed by atoms with Gasteiger partial charge in [0.15, 0.2) is 0 Å². The molecule has 1 atom stereocenters. The first-order chi connectivity index (χ1) is 4.70. The summed E-state index contributed by atoms with van der Waals surface area (Å²) in [5, 5.41) is 0. The molecule has 0 aromatic carbocycles. The average Bonchev–Trinajstić information content (AvgIpc) is 1.88. The molecule has 0 bridgehead atoms. The molecule has 1 unspecified atom stereocenters. The van der Waals surface area contributed by atoms with Crippen molar-refractivity contribution in [2.75, 3.05) is 0 Å². The van der Waals surface area contributed by atoms with Crippen LogP contribution in [-0.2, 0) is 14.3 Å². The second kappa shape index (κ2) is 6.92. The molecule has 62 valence electrons.